The average molecular weight is 285 g/mol. The van der Waals surface area contributed by atoms with Crippen molar-refractivity contribution in [3.63, 3.8) is 0 Å². The molecule has 110 valence electrons. The van der Waals surface area contributed by atoms with Gasteiger partial charge in [-0.05, 0) is 29.8 Å². The Morgan fingerprint density at radius 1 is 1.14 bits per heavy atom. The van der Waals surface area contributed by atoms with Gasteiger partial charge in [-0.25, -0.2) is 0 Å². The topological polar surface area (TPSA) is 63.2 Å². The van der Waals surface area contributed by atoms with Crippen LogP contribution < -0.4 is 15.4 Å². The lowest BCUT2D eigenvalue weighted by Crippen LogP contribution is -2.33. The predicted molar refractivity (Wildman–Crippen MR) is 80.8 cm³/mol. The molecule has 1 heterocycles. The molecular weight excluding hydrogens is 266 g/mol. The summed E-state index contributed by atoms with van der Waals surface area (Å²) in [6.07, 6.45) is 1.71. The molecular formula is C16H19N3O2. The first-order valence-corrected chi connectivity index (χ1v) is 6.78. The van der Waals surface area contributed by atoms with E-state index in [0.717, 1.165) is 17.0 Å². The van der Waals surface area contributed by atoms with Gasteiger partial charge in [0.2, 0.25) is 5.91 Å². The van der Waals surface area contributed by atoms with Crippen LogP contribution in [0.5, 0.6) is 5.75 Å². The van der Waals surface area contributed by atoms with Gasteiger partial charge in [-0.1, -0.05) is 18.2 Å². The molecule has 0 fully saturated rings. The second-order valence-electron chi connectivity index (χ2n) is 4.55. The molecule has 0 spiro atoms. The number of carbonyl (C=O) groups is 1. The second-order valence-corrected chi connectivity index (χ2v) is 4.55. The van der Waals surface area contributed by atoms with Crippen molar-refractivity contribution in [3.05, 3.63) is 59.9 Å². The molecule has 0 saturated heterocycles. The number of nitrogens with zero attached hydrogens (tertiary/aromatic N) is 1. The zero-order valence-corrected chi connectivity index (χ0v) is 12.0. The predicted octanol–water partition coefficient (Wildman–Crippen LogP) is 1.50. The van der Waals surface area contributed by atoms with E-state index >= 15 is 0 Å². The van der Waals surface area contributed by atoms with Crippen LogP contribution in [0.25, 0.3) is 0 Å². The number of amides is 1. The Kier molecular flexibility index (Phi) is 5.72. The van der Waals surface area contributed by atoms with Crippen molar-refractivity contribution in [1.82, 2.24) is 15.6 Å². The molecule has 21 heavy (non-hydrogen) atoms. The van der Waals surface area contributed by atoms with Gasteiger partial charge in [0.25, 0.3) is 0 Å². The van der Waals surface area contributed by atoms with Gasteiger partial charge in [0.1, 0.15) is 5.75 Å². The molecule has 5 nitrogen and oxygen atoms in total. The Morgan fingerprint density at radius 2 is 1.95 bits per heavy atom. The fraction of sp³-hybridized carbons (Fsp3) is 0.250. The fourth-order valence-electron chi connectivity index (χ4n) is 1.82. The van der Waals surface area contributed by atoms with Crippen molar-refractivity contribution in [2.75, 3.05) is 13.7 Å². The summed E-state index contributed by atoms with van der Waals surface area (Å²) in [6.45, 7) is 1.36. The van der Waals surface area contributed by atoms with Crippen LogP contribution in [-0.2, 0) is 17.9 Å². The maximum absolute atomic E-state index is 11.7. The monoisotopic (exact) mass is 285 g/mol. The lowest BCUT2D eigenvalue weighted by molar-refractivity contribution is -0.120. The van der Waals surface area contributed by atoms with Gasteiger partial charge in [-0.2, -0.15) is 0 Å². The zero-order chi connectivity index (χ0) is 14.9. The Bertz CT molecular complexity index is 555. The van der Waals surface area contributed by atoms with Gasteiger partial charge < -0.3 is 15.4 Å². The highest BCUT2D eigenvalue weighted by Gasteiger charge is 2.01. The number of ether oxygens (including phenoxy) is 1. The molecule has 2 aromatic rings. The van der Waals surface area contributed by atoms with Crippen molar-refractivity contribution in [2.45, 2.75) is 13.1 Å². The van der Waals surface area contributed by atoms with Gasteiger partial charge in [0.05, 0.1) is 25.9 Å². The molecule has 0 aliphatic rings. The third-order valence-corrected chi connectivity index (χ3v) is 2.97. The van der Waals surface area contributed by atoms with Crippen molar-refractivity contribution in [1.29, 1.82) is 0 Å². The van der Waals surface area contributed by atoms with E-state index in [0.29, 0.717) is 13.1 Å². The molecule has 2 N–H and O–H groups in total. The minimum absolute atomic E-state index is 0.0471. The van der Waals surface area contributed by atoms with Crippen molar-refractivity contribution >= 4 is 5.91 Å². The van der Waals surface area contributed by atoms with Crippen molar-refractivity contribution in [3.8, 4) is 5.75 Å². The Labute approximate surface area is 124 Å². The Balaban J connectivity index is 1.66. The fourth-order valence-corrected chi connectivity index (χ4v) is 1.82. The largest absolute Gasteiger partial charge is 0.497 e. The maximum Gasteiger partial charge on any atom is 0.234 e. The highest BCUT2D eigenvalue weighted by atomic mass is 16.5. The molecule has 0 aliphatic carbocycles. The van der Waals surface area contributed by atoms with Crippen molar-refractivity contribution in [2.24, 2.45) is 0 Å². The first kappa shape index (κ1) is 15.0. The highest BCUT2D eigenvalue weighted by molar-refractivity contribution is 5.77. The van der Waals surface area contributed by atoms with Crippen LogP contribution in [0.15, 0.2) is 48.7 Å². The third kappa shape index (κ3) is 5.24. The first-order valence-electron chi connectivity index (χ1n) is 6.78. The van der Waals surface area contributed by atoms with E-state index in [2.05, 4.69) is 15.6 Å². The summed E-state index contributed by atoms with van der Waals surface area (Å²) in [5.74, 6) is 0.779. The van der Waals surface area contributed by atoms with Gasteiger partial charge in [-0.15, -0.1) is 0 Å². The molecule has 1 aromatic heterocycles. The molecule has 0 saturated carbocycles. The molecule has 0 atom stereocenters. The number of hydrogen-bond acceptors (Lipinski definition) is 4. The smallest absolute Gasteiger partial charge is 0.234 e. The standard InChI is InChI=1S/C16H19N3O2/c1-21-15-7-5-13(6-8-15)10-17-12-16(20)19-11-14-4-2-3-9-18-14/h2-9,17H,10-12H2,1H3,(H,19,20). The van der Waals surface area contributed by atoms with Gasteiger partial charge >= 0.3 is 0 Å². The van der Waals surface area contributed by atoms with E-state index in [1.165, 1.54) is 0 Å². The minimum atomic E-state index is -0.0471. The van der Waals surface area contributed by atoms with Gasteiger partial charge in [0, 0.05) is 12.7 Å². The average Bonchev–Trinajstić information content (AvgIpc) is 2.54. The Morgan fingerprint density at radius 3 is 2.62 bits per heavy atom. The second kappa shape index (κ2) is 8.01. The van der Waals surface area contributed by atoms with E-state index in [1.54, 1.807) is 13.3 Å². The third-order valence-electron chi connectivity index (χ3n) is 2.97. The normalized spacial score (nSPS) is 10.1. The molecule has 0 radical (unpaired) electrons. The van der Waals surface area contributed by atoms with Crippen LogP contribution in [-0.4, -0.2) is 24.5 Å². The van der Waals surface area contributed by atoms with E-state index < -0.39 is 0 Å². The SMILES string of the molecule is COc1ccc(CNCC(=O)NCc2ccccn2)cc1. The molecule has 5 heteroatoms. The van der Waals surface area contributed by atoms with E-state index in [-0.39, 0.29) is 12.5 Å². The van der Waals surface area contributed by atoms with E-state index in [9.17, 15) is 4.79 Å². The molecule has 2 rings (SSSR count). The summed E-state index contributed by atoms with van der Waals surface area (Å²) in [5, 5.41) is 5.92. The number of aromatic nitrogens is 1. The number of rotatable bonds is 7. The van der Waals surface area contributed by atoms with E-state index in [1.807, 2.05) is 42.5 Å². The summed E-state index contributed by atoms with van der Waals surface area (Å²) >= 11 is 0. The molecule has 1 amide bonds. The molecule has 0 aliphatic heterocycles. The summed E-state index contributed by atoms with van der Waals surface area (Å²) in [4.78, 5) is 15.8. The molecule has 1 aromatic carbocycles. The van der Waals surface area contributed by atoms with Crippen LogP contribution in [0.3, 0.4) is 0 Å². The molecule has 0 unspecified atom stereocenters. The van der Waals surface area contributed by atoms with Crippen LogP contribution in [0, 0.1) is 0 Å². The van der Waals surface area contributed by atoms with E-state index in [4.69, 9.17) is 4.74 Å². The van der Waals surface area contributed by atoms with Crippen LogP contribution in [0.1, 0.15) is 11.3 Å². The van der Waals surface area contributed by atoms with Crippen LogP contribution >= 0.6 is 0 Å². The Hall–Kier alpha value is -2.40. The summed E-state index contributed by atoms with van der Waals surface area (Å²) in [5.41, 5.74) is 1.95. The lowest BCUT2D eigenvalue weighted by Gasteiger charge is -2.07. The quantitative estimate of drug-likeness (QED) is 0.809. The zero-order valence-electron chi connectivity index (χ0n) is 12.0. The number of carbonyl (C=O) groups excluding carboxylic acids is 1. The maximum atomic E-state index is 11.7. The minimum Gasteiger partial charge on any atom is -0.497 e. The number of pyridine rings is 1. The summed E-state index contributed by atoms with van der Waals surface area (Å²) < 4.78 is 5.10. The number of hydrogen-bond donors (Lipinski definition) is 2. The number of nitrogens with one attached hydrogen (secondary N) is 2. The van der Waals surface area contributed by atoms with Crippen molar-refractivity contribution < 1.29 is 9.53 Å². The highest BCUT2D eigenvalue weighted by Crippen LogP contribution is 2.10. The number of benzene rings is 1. The van der Waals surface area contributed by atoms with Gasteiger partial charge in [-0.3, -0.25) is 9.78 Å². The van der Waals surface area contributed by atoms with Crippen LogP contribution in [0.4, 0.5) is 0 Å². The summed E-state index contributed by atoms with van der Waals surface area (Å²) in [6, 6.07) is 13.4. The lowest BCUT2D eigenvalue weighted by atomic mass is 10.2. The number of methoxy groups -OCH3 is 1. The van der Waals surface area contributed by atoms with Gasteiger partial charge in [0.15, 0.2) is 0 Å². The van der Waals surface area contributed by atoms with Crippen LogP contribution in [0.2, 0.25) is 0 Å². The molecule has 0 bridgehead atoms. The summed E-state index contributed by atoms with van der Waals surface area (Å²) in [7, 11) is 1.64. The first-order chi connectivity index (χ1) is 10.3.